The summed E-state index contributed by atoms with van der Waals surface area (Å²) < 4.78 is 0. The van der Waals surface area contributed by atoms with Gasteiger partial charge in [-0.25, -0.2) is 5.57 Å². The van der Waals surface area contributed by atoms with Crippen LogP contribution >= 0.6 is 0 Å². The van der Waals surface area contributed by atoms with Crippen LogP contribution in [0.3, 0.4) is 0 Å². The number of benzene rings is 4. The number of hydrogen-bond donors (Lipinski definition) is 0. The molecule has 1 atom stereocenters. The average Bonchev–Trinajstić information content (AvgIpc) is 3.41. The van der Waals surface area contributed by atoms with Crippen molar-refractivity contribution in [2.45, 2.75) is 27.7 Å². The van der Waals surface area contributed by atoms with E-state index in [0.717, 1.165) is 0 Å². The molecule has 0 nitrogen and oxygen atoms in total. The fraction of sp³-hybridized carbons (Fsp3) is 0.147. The minimum atomic E-state index is 0. The Balaban J connectivity index is 0.000000301. The zero-order valence-electron chi connectivity index (χ0n) is 22.2. The van der Waals surface area contributed by atoms with Gasteiger partial charge in [-0.1, -0.05) is 92.9 Å². The molecule has 6 rings (SSSR count). The summed E-state index contributed by atoms with van der Waals surface area (Å²) in [6, 6.07) is 32.8. The van der Waals surface area contributed by atoms with Crippen molar-refractivity contribution in [2.75, 3.05) is 0 Å². The molecule has 0 amide bonds. The van der Waals surface area contributed by atoms with Crippen molar-refractivity contribution in [3.05, 3.63) is 129 Å². The van der Waals surface area contributed by atoms with Gasteiger partial charge in [-0.15, -0.1) is 53.6 Å². The molecule has 0 spiro atoms. The van der Waals surface area contributed by atoms with E-state index in [0.29, 0.717) is 5.92 Å². The fourth-order valence-corrected chi connectivity index (χ4v) is 4.82. The third-order valence-electron chi connectivity index (χ3n) is 6.98. The first kappa shape index (κ1) is 29.8. The molecule has 5 aromatic rings. The Kier molecular flexibility index (Phi) is 11.0. The summed E-state index contributed by atoms with van der Waals surface area (Å²) in [6.45, 7) is 11.7. The molecule has 36 heavy (non-hydrogen) atoms. The number of rotatable bonds is 1. The van der Waals surface area contributed by atoms with Gasteiger partial charge in [-0.2, -0.15) is 11.1 Å². The van der Waals surface area contributed by atoms with Crippen molar-refractivity contribution < 1.29 is 23.3 Å². The molecule has 1 unspecified atom stereocenters. The van der Waals surface area contributed by atoms with E-state index in [-0.39, 0.29) is 14.9 Å². The van der Waals surface area contributed by atoms with Crippen molar-refractivity contribution in [2.24, 2.45) is 5.92 Å². The molecule has 0 saturated carbocycles. The number of hydrogen-bond acceptors (Lipinski definition) is 0. The molecular formula is C34H34SiZr-4. The molecule has 0 saturated heterocycles. The van der Waals surface area contributed by atoms with E-state index in [1.807, 2.05) is 0 Å². The maximum atomic E-state index is 3.36. The van der Waals surface area contributed by atoms with Crippen molar-refractivity contribution in [1.82, 2.24) is 0 Å². The Labute approximate surface area is 234 Å². The Morgan fingerprint density at radius 2 is 1.28 bits per heavy atom. The van der Waals surface area contributed by atoms with Gasteiger partial charge in [0, 0.05) is 0 Å². The van der Waals surface area contributed by atoms with Crippen molar-refractivity contribution in [1.29, 1.82) is 0 Å². The predicted octanol–water partition coefficient (Wildman–Crippen LogP) is 9.77. The first-order valence-corrected chi connectivity index (χ1v) is 15.8. The van der Waals surface area contributed by atoms with Gasteiger partial charge in [0.25, 0.3) is 0 Å². The first-order valence-electron chi connectivity index (χ1n) is 11.6. The molecule has 0 heterocycles. The number of fused-ring (bicyclic) bond motifs is 4. The van der Waals surface area contributed by atoms with Crippen molar-refractivity contribution >= 4 is 39.2 Å². The van der Waals surface area contributed by atoms with Gasteiger partial charge in [0.15, 0.2) is 0 Å². The fourth-order valence-electron chi connectivity index (χ4n) is 4.82. The van der Waals surface area contributed by atoms with Crippen molar-refractivity contribution in [3.63, 3.8) is 0 Å². The van der Waals surface area contributed by atoms with Crippen LogP contribution in [0.5, 0.6) is 0 Å². The maximum absolute atomic E-state index is 3.36. The molecule has 2 heteroatoms. The maximum Gasteiger partial charge on any atom is -0.0106 e. The minimum Gasteiger partial charge on any atom is -0.150 e. The number of allylic oxidation sites excluding steroid dienone is 4. The zero-order valence-corrected chi connectivity index (χ0v) is 25.7. The standard InChI is InChI=1S/C23H15.C9H13.2CH3.Si.Zr/c1-3-9-18-16(7-1)13-14-22(18)23-15-17-8-2-4-10-19(17)20-11-5-6-12-21(20)23;1-6-5-7(2)9(4)8(6)3;;;;/h1-15H;6H,1-4H3;2*1H3;;/q4*-1;;. The Morgan fingerprint density at radius 1 is 0.722 bits per heavy atom. The van der Waals surface area contributed by atoms with E-state index >= 15 is 0 Å². The van der Waals surface area contributed by atoms with Crippen LogP contribution in [0.1, 0.15) is 27.7 Å². The van der Waals surface area contributed by atoms with Gasteiger partial charge >= 0.3 is 30.2 Å². The summed E-state index contributed by atoms with van der Waals surface area (Å²) in [5, 5.41) is 7.90. The second kappa shape index (κ2) is 13.2. The van der Waals surface area contributed by atoms with Crippen LogP contribution in [0.25, 0.3) is 43.4 Å². The monoisotopic (exact) mass is 560 g/mol. The van der Waals surface area contributed by atoms with Crippen molar-refractivity contribution in [3.8, 4) is 11.1 Å². The van der Waals surface area contributed by atoms with Crippen LogP contribution in [0.2, 0.25) is 0 Å². The molecule has 1 aliphatic carbocycles. The summed E-state index contributed by atoms with van der Waals surface area (Å²) in [5.74, 6) is 0.560. The van der Waals surface area contributed by atoms with Gasteiger partial charge in [0.2, 0.25) is 0 Å². The van der Waals surface area contributed by atoms with Gasteiger partial charge < -0.3 is 14.9 Å². The molecule has 182 valence electrons. The first-order chi connectivity index (χ1) is 16.5. The summed E-state index contributed by atoms with van der Waals surface area (Å²) in [6.07, 6.45) is 3.36. The summed E-state index contributed by atoms with van der Waals surface area (Å²) in [7, 11) is 0. The van der Waals surface area contributed by atoms with Gasteiger partial charge in [0.05, 0.1) is 0 Å². The normalized spacial score (nSPS) is 14.2. The Morgan fingerprint density at radius 3 is 1.86 bits per heavy atom. The molecule has 0 bridgehead atoms. The van der Waals surface area contributed by atoms with E-state index < -0.39 is 0 Å². The Bertz CT molecular complexity index is 1530. The summed E-state index contributed by atoms with van der Waals surface area (Å²) in [5.41, 5.74) is 6.89. The zero-order chi connectivity index (χ0) is 24.2. The Hall–Kier alpha value is -2.41. The third-order valence-corrected chi connectivity index (χ3v) is 6.98. The summed E-state index contributed by atoms with van der Waals surface area (Å²) in [4.78, 5) is 0. The second-order valence-electron chi connectivity index (χ2n) is 8.82. The van der Waals surface area contributed by atoms with Crippen LogP contribution in [-0.2, 0) is 23.3 Å². The largest absolute Gasteiger partial charge is 0.150 e. The molecule has 0 fully saturated rings. The van der Waals surface area contributed by atoms with E-state index in [2.05, 4.69) is 132 Å². The SMILES string of the molecule is CC1=[C-]C(C)C(C)=C1C.[CH3-].[CH3-].[Si]=[Zr].c1ccc2c(c1)cc(-c1c[cH-]c3ccccc13)c1ccccc12. The van der Waals surface area contributed by atoms with Crippen LogP contribution in [0.15, 0.2) is 108 Å². The van der Waals surface area contributed by atoms with Crippen LogP contribution < -0.4 is 0 Å². The molecule has 1 aliphatic rings. The van der Waals surface area contributed by atoms with Crippen LogP contribution in [0, 0.1) is 26.8 Å². The van der Waals surface area contributed by atoms with Crippen LogP contribution in [-0.4, -0.2) is 6.88 Å². The summed E-state index contributed by atoms with van der Waals surface area (Å²) >= 11 is 1.36. The van der Waals surface area contributed by atoms with Gasteiger partial charge in [-0.3, -0.25) is 6.08 Å². The van der Waals surface area contributed by atoms with Gasteiger partial charge in [-0.05, 0) is 21.5 Å². The van der Waals surface area contributed by atoms with Gasteiger partial charge in [0.1, 0.15) is 0 Å². The van der Waals surface area contributed by atoms with E-state index in [1.54, 1.807) is 0 Å². The smallest absolute Gasteiger partial charge is 0.0106 e. The molecule has 0 aliphatic heterocycles. The molecule has 0 aromatic heterocycles. The topological polar surface area (TPSA) is 0 Å². The van der Waals surface area contributed by atoms with E-state index in [9.17, 15) is 0 Å². The average molecular weight is 562 g/mol. The quantitative estimate of drug-likeness (QED) is 0.109. The third kappa shape index (κ3) is 5.77. The predicted molar refractivity (Wildman–Crippen MR) is 159 cm³/mol. The second-order valence-corrected chi connectivity index (χ2v) is 8.82. The van der Waals surface area contributed by atoms with E-state index in [4.69, 9.17) is 0 Å². The minimum absolute atomic E-state index is 0. The molecule has 5 aromatic carbocycles. The molecular weight excluding hydrogens is 528 g/mol. The van der Waals surface area contributed by atoms with E-state index in [1.165, 1.54) is 83.5 Å². The van der Waals surface area contributed by atoms with Crippen LogP contribution in [0.4, 0.5) is 0 Å². The molecule has 0 N–H and O–H groups in total. The molecule has 2 radical (unpaired) electrons.